The molecule has 2 aliphatic rings. The highest BCUT2D eigenvalue weighted by Gasteiger charge is 2.22. The minimum absolute atomic E-state index is 0.155. The van der Waals surface area contributed by atoms with Crippen molar-refractivity contribution < 1.29 is 9.53 Å². The third-order valence-corrected chi connectivity index (χ3v) is 5.49. The Balaban J connectivity index is 1.43. The molecular weight excluding hydrogens is 364 g/mol. The molecule has 0 bridgehead atoms. The fraction of sp³-hybridized carbons (Fsp3) is 0.652. The number of nitrogens with zero attached hydrogens (tertiary/aromatic N) is 1. The molecule has 0 saturated heterocycles. The van der Waals surface area contributed by atoms with E-state index < -0.39 is 0 Å². The van der Waals surface area contributed by atoms with Crippen LogP contribution in [-0.2, 0) is 16.1 Å². The predicted molar refractivity (Wildman–Crippen MR) is 118 cm³/mol. The van der Waals surface area contributed by atoms with Gasteiger partial charge in [-0.25, -0.2) is 4.99 Å². The van der Waals surface area contributed by atoms with Gasteiger partial charge in [0.2, 0.25) is 5.91 Å². The molecule has 0 atom stereocenters. The second kappa shape index (κ2) is 11.8. The van der Waals surface area contributed by atoms with E-state index in [1.807, 2.05) is 24.3 Å². The van der Waals surface area contributed by atoms with E-state index in [1.165, 1.54) is 25.7 Å². The quantitative estimate of drug-likeness (QED) is 0.301. The molecule has 0 aliphatic heterocycles. The number of ether oxygens (including phenoxy) is 1. The molecular formula is C23H36N4O2. The number of anilines is 1. The van der Waals surface area contributed by atoms with Gasteiger partial charge in [0.15, 0.2) is 5.96 Å². The van der Waals surface area contributed by atoms with Crippen molar-refractivity contribution in [1.29, 1.82) is 0 Å². The number of nitrogens with one attached hydrogen (secondary N) is 3. The van der Waals surface area contributed by atoms with E-state index in [-0.39, 0.29) is 11.8 Å². The first kappa shape index (κ1) is 21.6. The average molecular weight is 401 g/mol. The molecule has 0 heterocycles. The molecule has 2 saturated carbocycles. The van der Waals surface area contributed by atoms with Crippen LogP contribution in [0.15, 0.2) is 29.3 Å². The van der Waals surface area contributed by atoms with Crippen molar-refractivity contribution >= 4 is 17.6 Å². The first-order valence-corrected chi connectivity index (χ1v) is 11.2. The molecule has 2 fully saturated rings. The molecule has 1 aromatic rings. The van der Waals surface area contributed by atoms with Crippen LogP contribution in [-0.4, -0.2) is 38.2 Å². The first-order valence-electron chi connectivity index (χ1n) is 11.2. The van der Waals surface area contributed by atoms with Crippen LogP contribution in [0.1, 0.15) is 57.4 Å². The predicted octanol–water partition coefficient (Wildman–Crippen LogP) is 3.69. The van der Waals surface area contributed by atoms with Gasteiger partial charge in [-0.1, -0.05) is 25.0 Å². The Morgan fingerprint density at radius 1 is 1.17 bits per heavy atom. The van der Waals surface area contributed by atoms with Gasteiger partial charge in [0.05, 0.1) is 6.54 Å². The van der Waals surface area contributed by atoms with Crippen LogP contribution < -0.4 is 16.0 Å². The molecule has 3 rings (SSSR count). The molecule has 1 aromatic carbocycles. The zero-order valence-electron chi connectivity index (χ0n) is 17.7. The van der Waals surface area contributed by atoms with Crippen LogP contribution in [0.2, 0.25) is 0 Å². The lowest BCUT2D eigenvalue weighted by Gasteiger charge is -2.12. The van der Waals surface area contributed by atoms with Crippen molar-refractivity contribution in [1.82, 2.24) is 10.6 Å². The van der Waals surface area contributed by atoms with Crippen molar-refractivity contribution in [2.24, 2.45) is 16.8 Å². The van der Waals surface area contributed by atoms with Gasteiger partial charge in [0.1, 0.15) is 0 Å². The molecule has 29 heavy (non-hydrogen) atoms. The van der Waals surface area contributed by atoms with Gasteiger partial charge >= 0.3 is 0 Å². The fourth-order valence-electron chi connectivity index (χ4n) is 3.61. The van der Waals surface area contributed by atoms with Gasteiger partial charge in [0, 0.05) is 37.9 Å². The Morgan fingerprint density at radius 3 is 2.76 bits per heavy atom. The van der Waals surface area contributed by atoms with E-state index in [0.717, 1.165) is 68.7 Å². The third-order valence-electron chi connectivity index (χ3n) is 5.49. The molecule has 6 heteroatoms. The van der Waals surface area contributed by atoms with E-state index in [9.17, 15) is 4.79 Å². The van der Waals surface area contributed by atoms with Crippen LogP contribution in [0.5, 0.6) is 0 Å². The molecule has 3 N–H and O–H groups in total. The van der Waals surface area contributed by atoms with Gasteiger partial charge in [-0.15, -0.1) is 0 Å². The lowest BCUT2D eigenvalue weighted by atomic mass is 10.1. The maximum absolute atomic E-state index is 12.3. The van der Waals surface area contributed by atoms with Crippen LogP contribution in [0, 0.1) is 11.8 Å². The molecule has 0 unspecified atom stereocenters. The Labute approximate surface area is 174 Å². The lowest BCUT2D eigenvalue weighted by molar-refractivity contribution is -0.119. The molecule has 6 nitrogen and oxygen atoms in total. The van der Waals surface area contributed by atoms with E-state index in [4.69, 9.17) is 4.74 Å². The summed E-state index contributed by atoms with van der Waals surface area (Å²) in [6.45, 7) is 6.01. The number of guanidine groups is 1. The van der Waals surface area contributed by atoms with E-state index in [1.54, 1.807) is 0 Å². The summed E-state index contributed by atoms with van der Waals surface area (Å²) in [5, 5.41) is 9.72. The number of carbonyl (C=O) groups excluding carboxylic acids is 1. The highest BCUT2D eigenvalue weighted by Crippen LogP contribution is 2.28. The minimum atomic E-state index is 0.155. The van der Waals surface area contributed by atoms with Gasteiger partial charge in [-0.2, -0.15) is 0 Å². The monoisotopic (exact) mass is 400 g/mol. The Kier molecular flexibility index (Phi) is 8.81. The average Bonchev–Trinajstić information content (AvgIpc) is 3.38. The van der Waals surface area contributed by atoms with Crippen LogP contribution in [0.4, 0.5) is 5.69 Å². The van der Waals surface area contributed by atoms with Gasteiger partial charge in [0.25, 0.3) is 0 Å². The van der Waals surface area contributed by atoms with E-state index in [0.29, 0.717) is 6.54 Å². The number of hydrogen-bond acceptors (Lipinski definition) is 3. The summed E-state index contributed by atoms with van der Waals surface area (Å²) < 4.78 is 5.68. The van der Waals surface area contributed by atoms with Crippen LogP contribution in [0.25, 0.3) is 0 Å². The summed E-state index contributed by atoms with van der Waals surface area (Å²) >= 11 is 0. The van der Waals surface area contributed by atoms with Crippen molar-refractivity contribution in [3.05, 3.63) is 29.8 Å². The van der Waals surface area contributed by atoms with Crippen molar-refractivity contribution in [3.8, 4) is 0 Å². The fourth-order valence-corrected chi connectivity index (χ4v) is 3.61. The molecule has 1 amide bonds. The summed E-state index contributed by atoms with van der Waals surface area (Å²) in [5.74, 6) is 1.96. The topological polar surface area (TPSA) is 74.8 Å². The summed E-state index contributed by atoms with van der Waals surface area (Å²) in [7, 11) is 0. The number of aliphatic imine (C=N–C) groups is 1. The van der Waals surface area contributed by atoms with Crippen molar-refractivity contribution in [2.45, 2.75) is 58.4 Å². The van der Waals surface area contributed by atoms with Crippen LogP contribution >= 0.6 is 0 Å². The van der Waals surface area contributed by atoms with E-state index in [2.05, 4.69) is 27.9 Å². The largest absolute Gasteiger partial charge is 0.381 e. The lowest BCUT2D eigenvalue weighted by Crippen LogP contribution is -2.38. The molecule has 2 aliphatic carbocycles. The smallest absolute Gasteiger partial charge is 0.227 e. The normalized spacial score (nSPS) is 17.3. The number of benzene rings is 1. The number of hydrogen-bond donors (Lipinski definition) is 3. The minimum Gasteiger partial charge on any atom is -0.381 e. The zero-order valence-corrected chi connectivity index (χ0v) is 17.7. The number of rotatable bonds is 11. The van der Waals surface area contributed by atoms with Crippen molar-refractivity contribution in [3.63, 3.8) is 0 Å². The molecule has 0 radical (unpaired) electrons. The highest BCUT2D eigenvalue weighted by atomic mass is 16.5. The summed E-state index contributed by atoms with van der Waals surface area (Å²) in [5.41, 5.74) is 1.94. The van der Waals surface area contributed by atoms with Crippen LogP contribution in [0.3, 0.4) is 0 Å². The second-order valence-corrected chi connectivity index (χ2v) is 8.16. The highest BCUT2D eigenvalue weighted by molar-refractivity contribution is 5.92. The number of carbonyl (C=O) groups is 1. The second-order valence-electron chi connectivity index (χ2n) is 8.16. The SMILES string of the molecule is CCNC(=NCc1cccc(NC(=O)C2CCCC2)c1)NCCCOCC1CC1. The summed E-state index contributed by atoms with van der Waals surface area (Å²) in [6, 6.07) is 7.99. The van der Waals surface area contributed by atoms with Gasteiger partial charge in [-0.3, -0.25) is 4.79 Å². The number of amides is 1. The van der Waals surface area contributed by atoms with E-state index >= 15 is 0 Å². The van der Waals surface area contributed by atoms with Crippen molar-refractivity contribution in [2.75, 3.05) is 31.6 Å². The Hall–Kier alpha value is -2.08. The molecule has 160 valence electrons. The maximum Gasteiger partial charge on any atom is 0.227 e. The third kappa shape index (κ3) is 8.05. The van der Waals surface area contributed by atoms with Gasteiger partial charge in [-0.05, 0) is 62.6 Å². The molecule has 0 spiro atoms. The maximum atomic E-state index is 12.3. The Morgan fingerprint density at radius 2 is 2.00 bits per heavy atom. The molecule has 0 aromatic heterocycles. The Bertz CT molecular complexity index is 667. The zero-order chi connectivity index (χ0) is 20.3. The van der Waals surface area contributed by atoms with Gasteiger partial charge < -0.3 is 20.7 Å². The summed E-state index contributed by atoms with van der Waals surface area (Å²) in [6.07, 6.45) is 8.00. The first-order chi connectivity index (χ1) is 14.2. The standard InChI is InChI=1S/C23H36N4O2/c1-2-24-23(25-13-6-14-29-17-18-11-12-18)26-16-19-7-5-10-21(15-19)27-22(28)20-8-3-4-9-20/h5,7,10,15,18,20H,2-4,6,8-9,11-14,16-17H2,1H3,(H,27,28)(H2,24,25,26). The summed E-state index contributed by atoms with van der Waals surface area (Å²) in [4.78, 5) is 17.0.